The van der Waals surface area contributed by atoms with Crippen molar-refractivity contribution in [2.45, 2.75) is 38.6 Å². The number of benzene rings is 1. The van der Waals surface area contributed by atoms with Gasteiger partial charge in [-0.1, -0.05) is 39.7 Å². The van der Waals surface area contributed by atoms with Crippen molar-refractivity contribution in [3.05, 3.63) is 46.0 Å². The zero-order chi connectivity index (χ0) is 14.2. The van der Waals surface area contributed by atoms with Crippen molar-refractivity contribution in [3.8, 4) is 0 Å². The van der Waals surface area contributed by atoms with Crippen LogP contribution in [0.25, 0.3) is 0 Å². The Morgan fingerprint density at radius 2 is 2.15 bits per heavy atom. The topological polar surface area (TPSA) is 41.1 Å². The Balaban J connectivity index is 1.64. The lowest BCUT2D eigenvalue weighted by molar-refractivity contribution is 0.240. The maximum absolute atomic E-state index is 11.7. The molecule has 1 aliphatic rings. The lowest BCUT2D eigenvalue weighted by atomic mass is 9.97. The van der Waals surface area contributed by atoms with E-state index in [-0.39, 0.29) is 6.03 Å². The molecular formula is C16H21BrN2O. The summed E-state index contributed by atoms with van der Waals surface area (Å²) in [6, 6.07) is 7.85. The van der Waals surface area contributed by atoms with Gasteiger partial charge in [-0.25, -0.2) is 4.79 Å². The van der Waals surface area contributed by atoms with Crippen LogP contribution in [-0.4, -0.2) is 12.6 Å². The molecule has 0 saturated carbocycles. The molecule has 0 aliphatic heterocycles. The fourth-order valence-corrected chi connectivity index (χ4v) is 2.81. The second-order valence-corrected chi connectivity index (χ2v) is 6.01. The number of nitrogens with one attached hydrogen (secondary N) is 2. The molecule has 4 heteroatoms. The number of urea groups is 1. The van der Waals surface area contributed by atoms with Gasteiger partial charge in [-0.05, 0) is 49.8 Å². The molecule has 2 rings (SSSR count). The molecule has 0 saturated heterocycles. The quantitative estimate of drug-likeness (QED) is 0.779. The zero-order valence-electron chi connectivity index (χ0n) is 11.6. The Labute approximate surface area is 129 Å². The molecule has 0 aromatic heterocycles. The molecule has 1 aromatic rings. The molecule has 2 N–H and O–H groups in total. The van der Waals surface area contributed by atoms with Crippen LogP contribution in [0.3, 0.4) is 0 Å². The van der Waals surface area contributed by atoms with Gasteiger partial charge in [0.1, 0.15) is 0 Å². The molecule has 0 unspecified atom stereocenters. The molecule has 0 heterocycles. The van der Waals surface area contributed by atoms with Crippen molar-refractivity contribution in [1.29, 1.82) is 0 Å². The lowest BCUT2D eigenvalue weighted by Gasteiger charge is -2.13. The van der Waals surface area contributed by atoms with Gasteiger partial charge in [-0.3, -0.25) is 0 Å². The summed E-state index contributed by atoms with van der Waals surface area (Å²) in [6.45, 7) is 1.27. The average molecular weight is 337 g/mol. The monoisotopic (exact) mass is 336 g/mol. The maximum atomic E-state index is 11.7. The highest BCUT2D eigenvalue weighted by Crippen LogP contribution is 2.19. The van der Waals surface area contributed by atoms with Crippen molar-refractivity contribution in [2.24, 2.45) is 0 Å². The van der Waals surface area contributed by atoms with E-state index >= 15 is 0 Å². The number of amides is 2. The third kappa shape index (κ3) is 5.37. The molecule has 1 aliphatic carbocycles. The molecule has 1 aromatic carbocycles. The average Bonchev–Trinajstić information content (AvgIpc) is 2.46. The zero-order valence-corrected chi connectivity index (χ0v) is 13.2. The van der Waals surface area contributed by atoms with Gasteiger partial charge < -0.3 is 10.6 Å². The van der Waals surface area contributed by atoms with Crippen molar-refractivity contribution in [3.63, 3.8) is 0 Å². The second-order valence-electron chi connectivity index (χ2n) is 5.10. The highest BCUT2D eigenvalue weighted by atomic mass is 79.9. The van der Waals surface area contributed by atoms with Crippen LogP contribution in [0.2, 0.25) is 0 Å². The van der Waals surface area contributed by atoms with E-state index in [0.717, 1.165) is 23.0 Å². The van der Waals surface area contributed by atoms with E-state index < -0.39 is 0 Å². The molecule has 0 spiro atoms. The molecule has 0 bridgehead atoms. The van der Waals surface area contributed by atoms with Crippen LogP contribution in [0.1, 0.15) is 37.7 Å². The SMILES string of the molecule is O=C(NCCC1=CCCCC1)NCc1cccc(Br)c1. The maximum Gasteiger partial charge on any atom is 0.315 e. The molecule has 3 nitrogen and oxygen atoms in total. The second kappa shape index (κ2) is 8.10. The Hall–Kier alpha value is -1.29. The molecule has 20 heavy (non-hydrogen) atoms. The number of halogens is 1. The summed E-state index contributed by atoms with van der Waals surface area (Å²) in [6.07, 6.45) is 8.30. The molecule has 0 atom stereocenters. The smallest absolute Gasteiger partial charge is 0.315 e. The van der Waals surface area contributed by atoms with Gasteiger partial charge in [0.2, 0.25) is 0 Å². The van der Waals surface area contributed by atoms with Gasteiger partial charge >= 0.3 is 6.03 Å². The summed E-state index contributed by atoms with van der Waals surface area (Å²) < 4.78 is 1.03. The molecule has 2 amide bonds. The number of carbonyl (C=O) groups excluding carboxylic acids is 1. The normalized spacial score (nSPS) is 14.6. The van der Waals surface area contributed by atoms with E-state index in [9.17, 15) is 4.79 Å². The summed E-state index contributed by atoms with van der Waals surface area (Å²) in [5, 5.41) is 5.79. The van der Waals surface area contributed by atoms with Crippen LogP contribution in [0.4, 0.5) is 4.79 Å². The van der Waals surface area contributed by atoms with E-state index in [1.165, 1.54) is 31.3 Å². The third-order valence-electron chi connectivity index (χ3n) is 3.46. The molecular weight excluding hydrogens is 316 g/mol. The minimum atomic E-state index is -0.0959. The number of hydrogen-bond acceptors (Lipinski definition) is 1. The standard InChI is InChI=1S/C16H21BrN2O/c17-15-8-4-7-14(11-15)12-19-16(20)18-10-9-13-5-2-1-3-6-13/h4-5,7-8,11H,1-3,6,9-10,12H2,(H2,18,19,20). The van der Waals surface area contributed by atoms with Crippen molar-refractivity contribution < 1.29 is 4.79 Å². The van der Waals surface area contributed by atoms with Gasteiger partial charge in [0.15, 0.2) is 0 Å². The highest BCUT2D eigenvalue weighted by molar-refractivity contribution is 9.10. The van der Waals surface area contributed by atoms with Gasteiger partial charge in [0, 0.05) is 17.6 Å². The van der Waals surface area contributed by atoms with E-state index in [4.69, 9.17) is 0 Å². The van der Waals surface area contributed by atoms with E-state index in [1.807, 2.05) is 24.3 Å². The first-order valence-electron chi connectivity index (χ1n) is 7.18. The summed E-state index contributed by atoms with van der Waals surface area (Å²) in [5.74, 6) is 0. The Kier molecular flexibility index (Phi) is 6.12. The van der Waals surface area contributed by atoms with Gasteiger partial charge in [0.25, 0.3) is 0 Å². The first kappa shape index (κ1) is 15.1. The van der Waals surface area contributed by atoms with Crippen LogP contribution in [-0.2, 0) is 6.54 Å². The number of rotatable bonds is 5. The van der Waals surface area contributed by atoms with E-state index in [2.05, 4.69) is 32.6 Å². The van der Waals surface area contributed by atoms with Gasteiger partial charge in [0.05, 0.1) is 0 Å². The summed E-state index contributed by atoms with van der Waals surface area (Å²) in [5.41, 5.74) is 2.58. The molecule has 108 valence electrons. The van der Waals surface area contributed by atoms with Crippen molar-refractivity contribution in [2.75, 3.05) is 6.54 Å². The Morgan fingerprint density at radius 1 is 1.25 bits per heavy atom. The van der Waals surface area contributed by atoms with Crippen LogP contribution in [0, 0.1) is 0 Å². The number of hydrogen-bond donors (Lipinski definition) is 2. The first-order chi connectivity index (χ1) is 9.74. The van der Waals surface area contributed by atoms with Crippen LogP contribution < -0.4 is 10.6 Å². The minimum Gasteiger partial charge on any atom is -0.338 e. The van der Waals surface area contributed by atoms with Crippen LogP contribution in [0.15, 0.2) is 40.4 Å². The lowest BCUT2D eigenvalue weighted by Crippen LogP contribution is -2.35. The van der Waals surface area contributed by atoms with E-state index in [0.29, 0.717) is 6.54 Å². The summed E-state index contributed by atoms with van der Waals surface area (Å²) >= 11 is 3.42. The van der Waals surface area contributed by atoms with Crippen LogP contribution >= 0.6 is 15.9 Å². The summed E-state index contributed by atoms with van der Waals surface area (Å²) in [7, 11) is 0. The van der Waals surface area contributed by atoms with Crippen molar-refractivity contribution >= 4 is 22.0 Å². The number of carbonyl (C=O) groups is 1. The Morgan fingerprint density at radius 3 is 2.90 bits per heavy atom. The Bertz CT molecular complexity index is 485. The number of allylic oxidation sites excluding steroid dienone is 1. The first-order valence-corrected chi connectivity index (χ1v) is 7.97. The fourth-order valence-electron chi connectivity index (χ4n) is 2.36. The van der Waals surface area contributed by atoms with Crippen molar-refractivity contribution in [1.82, 2.24) is 10.6 Å². The molecule has 0 fully saturated rings. The van der Waals surface area contributed by atoms with Gasteiger partial charge in [-0.2, -0.15) is 0 Å². The summed E-state index contributed by atoms with van der Waals surface area (Å²) in [4.78, 5) is 11.7. The largest absolute Gasteiger partial charge is 0.338 e. The minimum absolute atomic E-state index is 0.0959. The molecule has 0 radical (unpaired) electrons. The fraction of sp³-hybridized carbons (Fsp3) is 0.438. The predicted octanol–water partition coefficient (Wildman–Crippen LogP) is 4.14. The highest BCUT2D eigenvalue weighted by Gasteiger charge is 2.05. The predicted molar refractivity (Wildman–Crippen MR) is 85.5 cm³/mol. The third-order valence-corrected chi connectivity index (χ3v) is 3.95. The van der Waals surface area contributed by atoms with Crippen LogP contribution in [0.5, 0.6) is 0 Å². The van der Waals surface area contributed by atoms with E-state index in [1.54, 1.807) is 0 Å². The van der Waals surface area contributed by atoms with Gasteiger partial charge in [-0.15, -0.1) is 0 Å².